The van der Waals surface area contributed by atoms with Crippen LogP contribution in [0.3, 0.4) is 0 Å². The summed E-state index contributed by atoms with van der Waals surface area (Å²) in [5, 5.41) is 10.5. The molecule has 0 radical (unpaired) electrons. The first-order valence-corrected chi connectivity index (χ1v) is 6.68. The van der Waals surface area contributed by atoms with Crippen LogP contribution in [0.2, 0.25) is 4.47 Å². The van der Waals surface area contributed by atoms with E-state index in [9.17, 15) is 4.79 Å². The van der Waals surface area contributed by atoms with Crippen molar-refractivity contribution in [3.8, 4) is 0 Å². The molecule has 0 aliphatic heterocycles. The Morgan fingerprint density at radius 1 is 1.39 bits per heavy atom. The number of rotatable bonds is 4. The third-order valence-corrected chi connectivity index (χ3v) is 3.37. The molecule has 0 spiro atoms. The summed E-state index contributed by atoms with van der Waals surface area (Å²) < 4.78 is 0.274. The molecule has 1 heterocycles. The number of carbonyl (C=O) groups is 1. The fourth-order valence-corrected chi connectivity index (χ4v) is 2.33. The number of amides is 1. The Morgan fingerprint density at radius 2 is 2.11 bits per heavy atom. The second kappa shape index (κ2) is 5.93. The molecule has 2 rings (SSSR count). The lowest BCUT2D eigenvalue weighted by Gasteiger charge is -2.12. The molecule has 0 aliphatic carbocycles. The summed E-state index contributed by atoms with van der Waals surface area (Å²) in [6.45, 7) is 1.95. The Labute approximate surface area is 114 Å². The fourth-order valence-electron chi connectivity index (χ4n) is 1.60. The van der Waals surface area contributed by atoms with Gasteiger partial charge in [-0.25, -0.2) is 0 Å². The van der Waals surface area contributed by atoms with Gasteiger partial charge in [0.05, 0.1) is 0 Å². The quantitative estimate of drug-likeness (QED) is 0.937. The van der Waals surface area contributed by atoms with E-state index in [1.807, 2.05) is 37.3 Å². The van der Waals surface area contributed by atoms with E-state index in [2.05, 4.69) is 15.5 Å². The monoisotopic (exact) mass is 281 g/mol. The highest BCUT2D eigenvalue weighted by atomic mass is 35.5. The minimum atomic E-state index is -0.233. The van der Waals surface area contributed by atoms with Crippen molar-refractivity contribution in [3.05, 3.63) is 45.4 Å². The molecular weight excluding hydrogens is 270 g/mol. The zero-order valence-electron chi connectivity index (χ0n) is 9.76. The van der Waals surface area contributed by atoms with Crippen LogP contribution in [-0.4, -0.2) is 22.1 Å². The second-order valence-electron chi connectivity index (χ2n) is 3.92. The lowest BCUT2D eigenvalue weighted by molar-refractivity contribution is 0.0939. The van der Waals surface area contributed by atoms with Crippen LogP contribution in [0.25, 0.3) is 0 Å². The molecule has 1 aromatic heterocycles. The predicted octanol–water partition coefficient (Wildman–Crippen LogP) is 2.55. The molecule has 1 amide bonds. The minimum absolute atomic E-state index is 0.0302. The van der Waals surface area contributed by atoms with E-state index in [1.165, 1.54) is 5.56 Å². The van der Waals surface area contributed by atoms with Gasteiger partial charge in [0, 0.05) is 6.04 Å². The molecule has 0 saturated carbocycles. The first-order valence-electron chi connectivity index (χ1n) is 5.49. The normalized spacial score (nSPS) is 12.1. The highest BCUT2D eigenvalue weighted by Crippen LogP contribution is 2.14. The Morgan fingerprint density at radius 3 is 2.72 bits per heavy atom. The number of benzene rings is 1. The number of nitrogens with zero attached hydrogens (tertiary/aromatic N) is 2. The zero-order valence-corrected chi connectivity index (χ0v) is 11.3. The fraction of sp³-hybridized carbons (Fsp3) is 0.250. The highest BCUT2D eigenvalue weighted by Gasteiger charge is 2.14. The van der Waals surface area contributed by atoms with E-state index < -0.39 is 0 Å². The minimum Gasteiger partial charge on any atom is -0.347 e. The zero-order chi connectivity index (χ0) is 13.0. The third-order valence-electron chi connectivity index (χ3n) is 2.36. The van der Waals surface area contributed by atoms with Gasteiger partial charge in [-0.3, -0.25) is 4.79 Å². The lowest BCUT2D eigenvalue weighted by atomic mass is 10.1. The van der Waals surface area contributed by atoms with Crippen molar-refractivity contribution in [2.24, 2.45) is 0 Å². The van der Waals surface area contributed by atoms with Crippen molar-refractivity contribution in [3.63, 3.8) is 0 Å². The summed E-state index contributed by atoms with van der Waals surface area (Å²) in [6, 6.07) is 10.0. The standard InChI is InChI=1S/C12H12ClN3OS/c1-8(7-9-5-3-2-4-6-9)14-10(17)11-15-16-12(13)18-11/h2-6,8H,7H2,1H3,(H,14,17). The van der Waals surface area contributed by atoms with E-state index in [-0.39, 0.29) is 16.4 Å². The van der Waals surface area contributed by atoms with E-state index in [0.717, 1.165) is 17.8 Å². The molecule has 1 N–H and O–H groups in total. The SMILES string of the molecule is CC(Cc1ccccc1)NC(=O)c1nnc(Cl)s1. The van der Waals surface area contributed by atoms with Gasteiger partial charge < -0.3 is 5.32 Å². The van der Waals surface area contributed by atoms with Crippen LogP contribution < -0.4 is 5.32 Å². The van der Waals surface area contributed by atoms with Gasteiger partial charge in [-0.05, 0) is 30.5 Å². The van der Waals surface area contributed by atoms with Crippen molar-refractivity contribution in [2.75, 3.05) is 0 Å². The summed E-state index contributed by atoms with van der Waals surface area (Å²) >= 11 is 6.71. The Kier molecular flexibility index (Phi) is 4.28. The van der Waals surface area contributed by atoms with Crippen LogP contribution in [0, 0.1) is 0 Å². The Hall–Kier alpha value is -1.46. The van der Waals surface area contributed by atoms with Gasteiger partial charge in [-0.15, -0.1) is 10.2 Å². The van der Waals surface area contributed by atoms with Crippen LogP contribution in [0.1, 0.15) is 22.3 Å². The first-order chi connectivity index (χ1) is 8.65. The van der Waals surface area contributed by atoms with Crippen molar-refractivity contribution < 1.29 is 4.79 Å². The number of hydrogen-bond donors (Lipinski definition) is 1. The first kappa shape index (κ1) is 13.0. The number of hydrogen-bond acceptors (Lipinski definition) is 4. The molecule has 2 aromatic rings. The number of aromatic nitrogens is 2. The molecule has 1 atom stereocenters. The molecule has 94 valence electrons. The van der Waals surface area contributed by atoms with Crippen LogP contribution >= 0.6 is 22.9 Å². The van der Waals surface area contributed by atoms with E-state index in [1.54, 1.807) is 0 Å². The number of halogens is 1. The van der Waals surface area contributed by atoms with Gasteiger partial charge in [0.15, 0.2) is 0 Å². The van der Waals surface area contributed by atoms with E-state index >= 15 is 0 Å². The van der Waals surface area contributed by atoms with E-state index in [4.69, 9.17) is 11.6 Å². The van der Waals surface area contributed by atoms with Crippen LogP contribution in [-0.2, 0) is 6.42 Å². The molecule has 6 heteroatoms. The summed E-state index contributed by atoms with van der Waals surface area (Å²) in [7, 11) is 0. The van der Waals surface area contributed by atoms with Gasteiger partial charge in [0.25, 0.3) is 5.91 Å². The average molecular weight is 282 g/mol. The molecule has 1 unspecified atom stereocenters. The summed E-state index contributed by atoms with van der Waals surface area (Å²) in [5.74, 6) is -0.233. The van der Waals surface area contributed by atoms with Crippen LogP contribution in [0.4, 0.5) is 0 Å². The van der Waals surface area contributed by atoms with E-state index in [0.29, 0.717) is 5.01 Å². The van der Waals surface area contributed by atoms with Crippen molar-refractivity contribution >= 4 is 28.8 Å². The molecule has 1 aromatic carbocycles. The molecule has 0 bridgehead atoms. The maximum atomic E-state index is 11.8. The Balaban J connectivity index is 1.92. The maximum absolute atomic E-state index is 11.8. The van der Waals surface area contributed by atoms with Crippen LogP contribution in [0.15, 0.2) is 30.3 Å². The van der Waals surface area contributed by atoms with Gasteiger partial charge >= 0.3 is 0 Å². The number of nitrogens with one attached hydrogen (secondary N) is 1. The summed E-state index contributed by atoms with van der Waals surface area (Å²) in [5.41, 5.74) is 1.18. The van der Waals surface area contributed by atoms with Gasteiger partial charge in [0.1, 0.15) is 0 Å². The van der Waals surface area contributed by atoms with Gasteiger partial charge in [-0.2, -0.15) is 0 Å². The largest absolute Gasteiger partial charge is 0.347 e. The second-order valence-corrected chi connectivity index (χ2v) is 5.48. The predicted molar refractivity (Wildman–Crippen MR) is 72.0 cm³/mol. The summed E-state index contributed by atoms with van der Waals surface area (Å²) in [6.07, 6.45) is 0.777. The molecular formula is C12H12ClN3OS. The average Bonchev–Trinajstić information content (AvgIpc) is 2.77. The van der Waals surface area contributed by atoms with Crippen molar-refractivity contribution in [1.29, 1.82) is 0 Å². The molecule has 0 aliphatic rings. The summed E-state index contributed by atoms with van der Waals surface area (Å²) in [4.78, 5) is 11.8. The van der Waals surface area contributed by atoms with Gasteiger partial charge in [-0.1, -0.05) is 41.7 Å². The molecule has 4 nitrogen and oxygen atoms in total. The van der Waals surface area contributed by atoms with Crippen molar-refractivity contribution in [2.45, 2.75) is 19.4 Å². The van der Waals surface area contributed by atoms with Crippen LogP contribution in [0.5, 0.6) is 0 Å². The van der Waals surface area contributed by atoms with Crippen molar-refractivity contribution in [1.82, 2.24) is 15.5 Å². The molecule has 18 heavy (non-hydrogen) atoms. The third kappa shape index (κ3) is 3.51. The number of carbonyl (C=O) groups excluding carboxylic acids is 1. The maximum Gasteiger partial charge on any atom is 0.282 e. The van der Waals surface area contributed by atoms with Gasteiger partial charge in [0.2, 0.25) is 9.47 Å². The molecule has 0 fully saturated rings. The smallest absolute Gasteiger partial charge is 0.282 e. The topological polar surface area (TPSA) is 54.9 Å². The lowest BCUT2D eigenvalue weighted by Crippen LogP contribution is -2.34. The highest BCUT2D eigenvalue weighted by molar-refractivity contribution is 7.17. The Bertz CT molecular complexity index is 529. The molecule has 0 saturated heterocycles.